The average Bonchev–Trinajstić information content (AvgIpc) is 3.08. The van der Waals surface area contributed by atoms with E-state index in [0.717, 1.165) is 6.42 Å². The highest BCUT2D eigenvalue weighted by Gasteiger charge is 2.28. The first-order valence-corrected chi connectivity index (χ1v) is 7.43. The molecule has 1 atom stereocenters. The van der Waals surface area contributed by atoms with Crippen molar-refractivity contribution < 1.29 is 9.90 Å². The van der Waals surface area contributed by atoms with E-state index in [-0.39, 0.29) is 23.6 Å². The Balaban J connectivity index is 1.86. The number of fused-ring (bicyclic) bond motifs is 1. The summed E-state index contributed by atoms with van der Waals surface area (Å²) in [6, 6.07) is 0. The van der Waals surface area contributed by atoms with Crippen molar-refractivity contribution in [1.82, 2.24) is 14.3 Å². The van der Waals surface area contributed by atoms with Crippen molar-refractivity contribution in [3.63, 3.8) is 0 Å². The Morgan fingerprint density at radius 1 is 1.55 bits per heavy atom. The van der Waals surface area contributed by atoms with E-state index in [0.29, 0.717) is 30.4 Å². The zero-order chi connectivity index (χ0) is 14.1. The van der Waals surface area contributed by atoms with Gasteiger partial charge in [-0.15, -0.1) is 11.3 Å². The number of carbonyl (C=O) groups excluding carboxylic acids is 1. The molecule has 0 aliphatic carbocycles. The summed E-state index contributed by atoms with van der Waals surface area (Å²) in [6.07, 6.45) is 4.58. The van der Waals surface area contributed by atoms with E-state index in [9.17, 15) is 9.59 Å². The fourth-order valence-electron chi connectivity index (χ4n) is 2.58. The van der Waals surface area contributed by atoms with Crippen LogP contribution in [0, 0.1) is 5.92 Å². The fourth-order valence-corrected chi connectivity index (χ4v) is 3.25. The van der Waals surface area contributed by atoms with Crippen molar-refractivity contribution in [2.75, 3.05) is 19.7 Å². The molecule has 2 aromatic rings. The number of rotatable bonds is 3. The maximum atomic E-state index is 12.4. The van der Waals surface area contributed by atoms with Gasteiger partial charge in [0.1, 0.15) is 5.56 Å². The van der Waals surface area contributed by atoms with Crippen LogP contribution >= 0.6 is 11.3 Å². The Kier molecular flexibility index (Phi) is 3.54. The van der Waals surface area contributed by atoms with Gasteiger partial charge in [-0.2, -0.15) is 0 Å². The van der Waals surface area contributed by atoms with Gasteiger partial charge in [-0.25, -0.2) is 4.98 Å². The Bertz CT molecular complexity index is 693. The van der Waals surface area contributed by atoms with Gasteiger partial charge in [0.15, 0.2) is 4.96 Å². The number of hydrogen-bond acceptors (Lipinski definition) is 5. The normalized spacial score (nSPS) is 18.9. The molecular formula is C13H15N3O3S. The van der Waals surface area contributed by atoms with Crippen molar-refractivity contribution in [3.8, 4) is 0 Å². The number of aromatic nitrogens is 2. The van der Waals surface area contributed by atoms with Crippen LogP contribution in [-0.4, -0.2) is 45.0 Å². The third-order valence-electron chi connectivity index (χ3n) is 3.68. The molecule has 1 N–H and O–H groups in total. The molecule has 7 heteroatoms. The molecule has 3 rings (SSSR count). The number of carbonyl (C=O) groups is 1. The molecule has 1 aliphatic heterocycles. The number of nitrogens with zero attached hydrogens (tertiary/aromatic N) is 3. The van der Waals surface area contributed by atoms with E-state index < -0.39 is 0 Å². The van der Waals surface area contributed by atoms with Gasteiger partial charge in [0.05, 0.1) is 0 Å². The van der Waals surface area contributed by atoms with Gasteiger partial charge in [-0.1, -0.05) is 0 Å². The lowest BCUT2D eigenvalue weighted by atomic mass is 10.1. The third-order valence-corrected chi connectivity index (χ3v) is 4.45. The maximum absolute atomic E-state index is 12.4. The maximum Gasteiger partial charge on any atom is 0.271 e. The van der Waals surface area contributed by atoms with E-state index in [4.69, 9.17) is 5.11 Å². The van der Waals surface area contributed by atoms with Gasteiger partial charge in [0.25, 0.3) is 11.5 Å². The summed E-state index contributed by atoms with van der Waals surface area (Å²) in [5.74, 6) is 0.0630. The highest BCUT2D eigenvalue weighted by atomic mass is 32.1. The standard InChI is InChI=1S/C13H15N3O3S/c17-5-2-9-1-3-15(8-9)11(18)10-7-14-13-16(12(10)19)4-6-20-13/h4,6-7,9,17H,1-3,5,8H2. The monoisotopic (exact) mass is 293 g/mol. The molecule has 1 amide bonds. The Morgan fingerprint density at radius 3 is 3.20 bits per heavy atom. The van der Waals surface area contributed by atoms with E-state index in [2.05, 4.69) is 4.98 Å². The second kappa shape index (κ2) is 5.34. The van der Waals surface area contributed by atoms with Gasteiger partial charge in [-0.05, 0) is 18.8 Å². The van der Waals surface area contributed by atoms with Crippen LogP contribution in [0.2, 0.25) is 0 Å². The number of thiazole rings is 1. The van der Waals surface area contributed by atoms with Crippen LogP contribution in [-0.2, 0) is 0 Å². The summed E-state index contributed by atoms with van der Waals surface area (Å²) < 4.78 is 1.40. The minimum Gasteiger partial charge on any atom is -0.396 e. The van der Waals surface area contributed by atoms with E-state index in [1.165, 1.54) is 21.9 Å². The van der Waals surface area contributed by atoms with Crippen LogP contribution in [0.1, 0.15) is 23.2 Å². The number of aliphatic hydroxyl groups excluding tert-OH is 1. The fraction of sp³-hybridized carbons (Fsp3) is 0.462. The first kappa shape index (κ1) is 13.3. The molecule has 1 aliphatic rings. The second-order valence-electron chi connectivity index (χ2n) is 4.95. The Labute approximate surface area is 119 Å². The van der Waals surface area contributed by atoms with Crippen LogP contribution in [0.15, 0.2) is 22.6 Å². The summed E-state index contributed by atoms with van der Waals surface area (Å²) in [4.78, 5) is 31.0. The zero-order valence-electron chi connectivity index (χ0n) is 10.9. The molecule has 1 fully saturated rings. The third kappa shape index (κ3) is 2.23. The molecule has 3 heterocycles. The van der Waals surface area contributed by atoms with Crippen molar-refractivity contribution >= 4 is 22.2 Å². The van der Waals surface area contributed by atoms with Gasteiger partial charge in [0.2, 0.25) is 0 Å². The van der Waals surface area contributed by atoms with E-state index in [1.807, 2.05) is 0 Å². The first-order valence-electron chi connectivity index (χ1n) is 6.55. The number of hydrogen-bond donors (Lipinski definition) is 1. The lowest BCUT2D eigenvalue weighted by Crippen LogP contribution is -2.34. The van der Waals surface area contributed by atoms with Crippen molar-refractivity contribution in [2.45, 2.75) is 12.8 Å². The van der Waals surface area contributed by atoms with Gasteiger partial charge < -0.3 is 10.0 Å². The van der Waals surface area contributed by atoms with Crippen LogP contribution in [0.5, 0.6) is 0 Å². The molecule has 6 nitrogen and oxygen atoms in total. The lowest BCUT2D eigenvalue weighted by molar-refractivity contribution is 0.0782. The van der Waals surface area contributed by atoms with Crippen LogP contribution in [0.25, 0.3) is 4.96 Å². The molecular weight excluding hydrogens is 278 g/mol. The highest BCUT2D eigenvalue weighted by molar-refractivity contribution is 7.15. The summed E-state index contributed by atoms with van der Waals surface area (Å²) in [6.45, 7) is 1.37. The van der Waals surface area contributed by atoms with E-state index >= 15 is 0 Å². The van der Waals surface area contributed by atoms with Gasteiger partial charge in [0, 0.05) is 37.5 Å². The predicted molar refractivity (Wildman–Crippen MR) is 75.1 cm³/mol. The quantitative estimate of drug-likeness (QED) is 0.899. The summed E-state index contributed by atoms with van der Waals surface area (Å²) in [5.41, 5.74) is -0.197. The Morgan fingerprint density at radius 2 is 2.40 bits per heavy atom. The predicted octanol–water partition coefficient (Wildman–Crippen LogP) is 0.601. The molecule has 106 valence electrons. The number of likely N-dealkylation sites (tertiary alicyclic amines) is 1. The second-order valence-corrected chi connectivity index (χ2v) is 5.82. The van der Waals surface area contributed by atoms with Crippen LogP contribution < -0.4 is 5.56 Å². The average molecular weight is 293 g/mol. The summed E-state index contributed by atoms with van der Waals surface area (Å²) >= 11 is 1.36. The van der Waals surface area contributed by atoms with Crippen LogP contribution in [0.3, 0.4) is 0 Å². The minimum atomic E-state index is -0.313. The van der Waals surface area contributed by atoms with Crippen molar-refractivity contribution in [1.29, 1.82) is 0 Å². The molecule has 0 aromatic carbocycles. The van der Waals surface area contributed by atoms with Gasteiger partial charge >= 0.3 is 0 Å². The van der Waals surface area contributed by atoms with Crippen LogP contribution in [0.4, 0.5) is 0 Å². The molecule has 0 radical (unpaired) electrons. The molecule has 1 saturated heterocycles. The molecule has 20 heavy (non-hydrogen) atoms. The highest BCUT2D eigenvalue weighted by Crippen LogP contribution is 2.20. The summed E-state index contributed by atoms with van der Waals surface area (Å²) in [5, 5.41) is 10.7. The molecule has 0 spiro atoms. The smallest absolute Gasteiger partial charge is 0.271 e. The minimum absolute atomic E-state index is 0.116. The Hall–Kier alpha value is -1.73. The summed E-state index contributed by atoms with van der Waals surface area (Å²) in [7, 11) is 0. The SMILES string of the molecule is O=C(c1cnc2sccn2c1=O)N1CCC(CCO)C1. The van der Waals surface area contributed by atoms with Crippen molar-refractivity contribution in [2.24, 2.45) is 5.92 Å². The molecule has 0 bridgehead atoms. The first-order chi connectivity index (χ1) is 9.70. The lowest BCUT2D eigenvalue weighted by Gasteiger charge is -2.15. The van der Waals surface area contributed by atoms with E-state index in [1.54, 1.807) is 16.5 Å². The van der Waals surface area contributed by atoms with Crippen molar-refractivity contribution in [3.05, 3.63) is 33.7 Å². The number of aliphatic hydroxyl groups is 1. The molecule has 1 unspecified atom stereocenters. The largest absolute Gasteiger partial charge is 0.396 e. The zero-order valence-corrected chi connectivity index (χ0v) is 11.7. The number of amides is 1. The molecule has 2 aromatic heterocycles. The molecule has 0 saturated carbocycles. The van der Waals surface area contributed by atoms with Gasteiger partial charge in [-0.3, -0.25) is 14.0 Å². The topological polar surface area (TPSA) is 74.9 Å².